The van der Waals surface area contributed by atoms with Crippen LogP contribution in [0.3, 0.4) is 0 Å². The third kappa shape index (κ3) is 3.11. The van der Waals surface area contributed by atoms with E-state index in [4.69, 9.17) is 16.3 Å². The van der Waals surface area contributed by atoms with Gasteiger partial charge in [0.1, 0.15) is 5.75 Å². The molecule has 1 amide bonds. The van der Waals surface area contributed by atoms with Crippen molar-refractivity contribution < 1.29 is 9.53 Å². The molecule has 20 heavy (non-hydrogen) atoms. The maximum atomic E-state index is 12.3. The number of aromatic nitrogens is 1. The molecule has 0 saturated heterocycles. The topological polar surface area (TPSA) is 51.2 Å². The summed E-state index contributed by atoms with van der Waals surface area (Å²) >= 11 is 9.34. The number of pyridine rings is 1. The van der Waals surface area contributed by atoms with Crippen molar-refractivity contribution in [3.63, 3.8) is 0 Å². The first-order valence-electron chi connectivity index (χ1n) is 5.79. The number of hydrogen-bond donors (Lipinski definition) is 1. The predicted molar refractivity (Wildman–Crippen MR) is 82.6 cm³/mol. The van der Waals surface area contributed by atoms with E-state index in [1.165, 1.54) is 0 Å². The summed E-state index contributed by atoms with van der Waals surface area (Å²) in [7, 11) is 1.55. The number of halogens is 2. The highest BCUT2D eigenvalue weighted by Crippen LogP contribution is 2.26. The molecule has 2 aromatic rings. The molecule has 1 aromatic heterocycles. The van der Waals surface area contributed by atoms with Crippen LogP contribution in [0.25, 0.3) is 0 Å². The number of rotatable bonds is 3. The fourth-order valence-corrected chi connectivity index (χ4v) is 2.34. The third-order valence-electron chi connectivity index (χ3n) is 2.77. The molecule has 1 N–H and O–H groups in total. The average Bonchev–Trinajstić information content (AvgIpc) is 2.43. The third-order valence-corrected chi connectivity index (χ3v) is 3.75. The van der Waals surface area contributed by atoms with Crippen LogP contribution in [-0.4, -0.2) is 18.0 Å². The van der Waals surface area contributed by atoms with E-state index in [2.05, 4.69) is 26.2 Å². The highest BCUT2D eigenvalue weighted by molar-refractivity contribution is 9.10. The van der Waals surface area contributed by atoms with E-state index in [0.29, 0.717) is 21.5 Å². The molecule has 0 fully saturated rings. The molecule has 4 nitrogen and oxygen atoms in total. The summed E-state index contributed by atoms with van der Waals surface area (Å²) in [6.07, 6.45) is 1.59. The molecular weight excluding hydrogens is 344 g/mol. The molecule has 0 aliphatic carbocycles. The Bertz CT molecular complexity index is 641. The average molecular weight is 356 g/mol. The number of nitrogens with one attached hydrogen (secondary N) is 1. The van der Waals surface area contributed by atoms with Crippen molar-refractivity contribution in [2.75, 3.05) is 12.4 Å². The van der Waals surface area contributed by atoms with Gasteiger partial charge in [-0.3, -0.25) is 4.79 Å². The highest BCUT2D eigenvalue weighted by Gasteiger charge is 2.14. The van der Waals surface area contributed by atoms with Gasteiger partial charge in [-0.25, -0.2) is 4.98 Å². The monoisotopic (exact) mass is 354 g/mol. The molecule has 0 bridgehead atoms. The zero-order valence-electron chi connectivity index (χ0n) is 10.9. The van der Waals surface area contributed by atoms with Crippen molar-refractivity contribution in [3.8, 4) is 5.75 Å². The second-order valence-electron chi connectivity index (χ2n) is 4.09. The molecular formula is C14H12BrClN2O2. The van der Waals surface area contributed by atoms with Gasteiger partial charge < -0.3 is 10.1 Å². The Morgan fingerprint density at radius 2 is 2.15 bits per heavy atom. The van der Waals surface area contributed by atoms with Crippen molar-refractivity contribution in [2.45, 2.75) is 6.92 Å². The van der Waals surface area contributed by atoms with Crippen LogP contribution in [0.4, 0.5) is 5.69 Å². The molecule has 1 aromatic carbocycles. The number of amides is 1. The Balaban J connectivity index is 2.33. The minimum absolute atomic E-state index is 0.261. The van der Waals surface area contributed by atoms with Gasteiger partial charge in [0.25, 0.3) is 5.91 Å². The maximum Gasteiger partial charge on any atom is 0.257 e. The van der Waals surface area contributed by atoms with E-state index in [9.17, 15) is 4.79 Å². The van der Waals surface area contributed by atoms with Crippen LogP contribution in [0.2, 0.25) is 5.15 Å². The van der Waals surface area contributed by atoms with Crippen molar-refractivity contribution in [1.82, 2.24) is 4.98 Å². The first-order chi connectivity index (χ1) is 9.52. The summed E-state index contributed by atoms with van der Waals surface area (Å²) in [5.41, 5.74) is 1.81. The molecule has 1 heterocycles. The first kappa shape index (κ1) is 14.8. The lowest BCUT2D eigenvalue weighted by Crippen LogP contribution is -2.14. The Hall–Kier alpha value is -1.59. The number of anilines is 1. The SMILES string of the molecule is COc1ccc(Br)c(C(=O)Nc2c(C)ccnc2Cl)c1. The van der Waals surface area contributed by atoms with Gasteiger partial charge in [0, 0.05) is 10.7 Å². The number of benzene rings is 1. The van der Waals surface area contributed by atoms with E-state index in [0.717, 1.165) is 5.56 Å². The van der Waals surface area contributed by atoms with E-state index >= 15 is 0 Å². The Morgan fingerprint density at radius 3 is 2.80 bits per heavy atom. The van der Waals surface area contributed by atoms with Gasteiger partial charge in [-0.05, 0) is 52.7 Å². The zero-order valence-corrected chi connectivity index (χ0v) is 13.2. The molecule has 0 spiro atoms. The number of hydrogen-bond acceptors (Lipinski definition) is 3. The lowest BCUT2D eigenvalue weighted by atomic mass is 10.2. The minimum Gasteiger partial charge on any atom is -0.497 e. The van der Waals surface area contributed by atoms with Gasteiger partial charge in [0.2, 0.25) is 0 Å². The number of carbonyl (C=O) groups is 1. The first-order valence-corrected chi connectivity index (χ1v) is 6.96. The molecule has 0 unspecified atom stereocenters. The van der Waals surface area contributed by atoms with Crippen molar-refractivity contribution in [3.05, 3.63) is 51.2 Å². The molecule has 0 aliphatic heterocycles. The second-order valence-corrected chi connectivity index (χ2v) is 5.31. The summed E-state index contributed by atoms with van der Waals surface area (Å²) in [6, 6.07) is 6.95. The van der Waals surface area contributed by atoms with Crippen LogP contribution in [0.5, 0.6) is 5.75 Å². The summed E-state index contributed by atoms with van der Waals surface area (Å²) < 4.78 is 5.79. The summed E-state index contributed by atoms with van der Waals surface area (Å²) in [5.74, 6) is 0.320. The van der Waals surface area contributed by atoms with E-state index < -0.39 is 0 Å². The number of carbonyl (C=O) groups excluding carboxylic acids is 1. The van der Waals surface area contributed by atoms with Gasteiger partial charge in [-0.15, -0.1) is 0 Å². The smallest absolute Gasteiger partial charge is 0.257 e. The van der Waals surface area contributed by atoms with Crippen LogP contribution >= 0.6 is 27.5 Å². The summed E-state index contributed by atoms with van der Waals surface area (Å²) in [6.45, 7) is 1.85. The maximum absolute atomic E-state index is 12.3. The van der Waals surface area contributed by atoms with Crippen LogP contribution in [0.15, 0.2) is 34.9 Å². The Labute approximate surface area is 130 Å². The van der Waals surface area contributed by atoms with Crippen molar-refractivity contribution in [2.24, 2.45) is 0 Å². The van der Waals surface area contributed by atoms with Crippen LogP contribution in [-0.2, 0) is 0 Å². The molecule has 0 radical (unpaired) electrons. The van der Waals surface area contributed by atoms with Gasteiger partial charge in [0.05, 0.1) is 18.4 Å². The lowest BCUT2D eigenvalue weighted by Gasteiger charge is -2.11. The summed E-state index contributed by atoms with van der Waals surface area (Å²) in [4.78, 5) is 16.3. The van der Waals surface area contributed by atoms with Crippen molar-refractivity contribution in [1.29, 1.82) is 0 Å². The van der Waals surface area contributed by atoms with Crippen LogP contribution in [0, 0.1) is 6.92 Å². The molecule has 6 heteroatoms. The molecule has 0 atom stereocenters. The van der Waals surface area contributed by atoms with Gasteiger partial charge in [0.15, 0.2) is 5.15 Å². The van der Waals surface area contributed by atoms with Gasteiger partial charge >= 0.3 is 0 Å². The molecule has 0 aliphatic rings. The highest BCUT2D eigenvalue weighted by atomic mass is 79.9. The fourth-order valence-electron chi connectivity index (χ4n) is 1.66. The fraction of sp³-hybridized carbons (Fsp3) is 0.143. The largest absolute Gasteiger partial charge is 0.497 e. The van der Waals surface area contributed by atoms with Crippen LogP contribution < -0.4 is 10.1 Å². The van der Waals surface area contributed by atoms with Crippen molar-refractivity contribution >= 4 is 39.1 Å². The normalized spacial score (nSPS) is 10.2. The molecule has 104 valence electrons. The van der Waals surface area contributed by atoms with Crippen LogP contribution in [0.1, 0.15) is 15.9 Å². The quantitative estimate of drug-likeness (QED) is 0.845. The number of ether oxygens (including phenoxy) is 1. The zero-order chi connectivity index (χ0) is 14.7. The predicted octanol–water partition coefficient (Wildman–Crippen LogP) is 4.07. The van der Waals surface area contributed by atoms with E-state index in [1.54, 1.807) is 37.6 Å². The summed E-state index contributed by atoms with van der Waals surface area (Å²) in [5, 5.41) is 3.03. The molecule has 2 rings (SSSR count). The van der Waals surface area contributed by atoms with E-state index in [-0.39, 0.29) is 11.1 Å². The Kier molecular flexibility index (Phi) is 4.62. The number of aryl methyl sites for hydroxylation is 1. The molecule has 0 saturated carbocycles. The standard InChI is InChI=1S/C14H12BrClN2O2/c1-8-5-6-17-13(16)12(8)18-14(19)10-7-9(20-2)3-4-11(10)15/h3-7H,1-2H3,(H,18,19). The second kappa shape index (κ2) is 6.24. The number of methoxy groups -OCH3 is 1. The van der Waals surface area contributed by atoms with Gasteiger partial charge in [-0.2, -0.15) is 0 Å². The van der Waals surface area contributed by atoms with Gasteiger partial charge in [-0.1, -0.05) is 11.6 Å². The Morgan fingerprint density at radius 1 is 1.40 bits per heavy atom. The number of nitrogens with zero attached hydrogens (tertiary/aromatic N) is 1. The lowest BCUT2D eigenvalue weighted by molar-refractivity contribution is 0.102. The van der Waals surface area contributed by atoms with E-state index in [1.807, 2.05) is 6.92 Å². The minimum atomic E-state index is -0.284.